The Morgan fingerprint density at radius 2 is 2.12 bits per heavy atom. The first kappa shape index (κ1) is 18.0. The average molecular weight is 355 g/mol. The molecule has 2 aliphatic rings. The predicted molar refractivity (Wildman–Crippen MR) is 91.6 cm³/mol. The summed E-state index contributed by atoms with van der Waals surface area (Å²) in [4.78, 5) is 0.415. The van der Waals surface area contributed by atoms with Crippen LogP contribution in [0.3, 0.4) is 0 Å². The zero-order valence-electron chi connectivity index (χ0n) is 13.9. The van der Waals surface area contributed by atoms with Crippen molar-refractivity contribution < 1.29 is 18.4 Å². The summed E-state index contributed by atoms with van der Waals surface area (Å²) in [5.74, 6) is 2.00. The standard InChI is InChI=1S/C18H26FNO3S/c19-18-10-16(24(22)8-7-21)2-1-14(18)11-23-12-15-9-17(15)13-3-5-20-6-4-13/h1-2,10,13,15,17,20-21H,3-9,11-12H2. The van der Waals surface area contributed by atoms with Crippen LogP contribution in [0, 0.1) is 23.6 Å². The Kier molecular flexibility index (Phi) is 6.38. The fourth-order valence-electron chi connectivity index (χ4n) is 3.62. The van der Waals surface area contributed by atoms with Crippen molar-refractivity contribution in [3.8, 4) is 0 Å². The molecular weight excluding hydrogens is 329 g/mol. The summed E-state index contributed by atoms with van der Waals surface area (Å²) in [6, 6.07) is 4.58. The Balaban J connectivity index is 1.43. The lowest BCUT2D eigenvalue weighted by molar-refractivity contribution is 0.102. The summed E-state index contributed by atoms with van der Waals surface area (Å²) in [5, 5.41) is 12.2. The number of hydrogen-bond donors (Lipinski definition) is 2. The van der Waals surface area contributed by atoms with Gasteiger partial charge in [0, 0.05) is 10.5 Å². The molecule has 1 saturated carbocycles. The summed E-state index contributed by atoms with van der Waals surface area (Å²) in [6.07, 6.45) is 3.77. The fraction of sp³-hybridized carbons (Fsp3) is 0.667. The molecule has 0 spiro atoms. The monoisotopic (exact) mass is 355 g/mol. The second kappa shape index (κ2) is 8.52. The lowest BCUT2D eigenvalue weighted by Gasteiger charge is -2.22. The van der Waals surface area contributed by atoms with E-state index in [0.29, 0.717) is 23.0 Å². The van der Waals surface area contributed by atoms with E-state index in [1.54, 1.807) is 12.1 Å². The highest BCUT2D eigenvalue weighted by molar-refractivity contribution is 7.85. The van der Waals surface area contributed by atoms with E-state index in [2.05, 4.69) is 5.32 Å². The number of rotatable bonds is 8. The molecule has 1 heterocycles. The number of aliphatic hydroxyl groups is 1. The highest BCUT2D eigenvalue weighted by Crippen LogP contribution is 2.47. The molecule has 24 heavy (non-hydrogen) atoms. The zero-order valence-corrected chi connectivity index (χ0v) is 14.7. The van der Waals surface area contributed by atoms with Crippen molar-refractivity contribution in [1.29, 1.82) is 0 Å². The maximum Gasteiger partial charge on any atom is 0.129 e. The van der Waals surface area contributed by atoms with Gasteiger partial charge in [-0.15, -0.1) is 0 Å². The zero-order chi connectivity index (χ0) is 16.9. The molecule has 0 aromatic heterocycles. The molecule has 1 aliphatic heterocycles. The van der Waals surface area contributed by atoms with Crippen LogP contribution < -0.4 is 5.32 Å². The van der Waals surface area contributed by atoms with Gasteiger partial charge < -0.3 is 15.2 Å². The summed E-state index contributed by atoms with van der Waals surface area (Å²) in [7, 11) is -1.35. The first-order chi connectivity index (χ1) is 11.7. The number of piperidine rings is 1. The molecule has 1 aliphatic carbocycles. The Morgan fingerprint density at radius 3 is 2.83 bits per heavy atom. The number of hydrogen-bond acceptors (Lipinski definition) is 4. The molecule has 3 rings (SSSR count). The molecule has 2 N–H and O–H groups in total. The van der Waals surface area contributed by atoms with E-state index >= 15 is 0 Å². The number of nitrogens with one attached hydrogen (secondary N) is 1. The molecule has 0 bridgehead atoms. The van der Waals surface area contributed by atoms with Gasteiger partial charge in [0.25, 0.3) is 0 Å². The first-order valence-corrected chi connectivity index (χ1v) is 10.1. The molecule has 0 amide bonds. The van der Waals surface area contributed by atoms with E-state index in [1.807, 2.05) is 0 Å². The van der Waals surface area contributed by atoms with E-state index in [-0.39, 0.29) is 24.8 Å². The topological polar surface area (TPSA) is 58.6 Å². The molecular formula is C18H26FNO3S. The molecule has 1 saturated heterocycles. The van der Waals surface area contributed by atoms with E-state index in [9.17, 15) is 8.60 Å². The number of ether oxygens (including phenoxy) is 1. The lowest BCUT2D eigenvalue weighted by atomic mass is 9.92. The van der Waals surface area contributed by atoms with Gasteiger partial charge in [-0.05, 0) is 62.2 Å². The molecule has 1 aromatic carbocycles. The second-order valence-corrected chi connectivity index (χ2v) is 8.36. The minimum absolute atomic E-state index is 0.134. The van der Waals surface area contributed by atoms with Crippen LogP contribution >= 0.6 is 0 Å². The predicted octanol–water partition coefficient (Wildman–Crippen LogP) is 2.08. The van der Waals surface area contributed by atoms with Crippen LogP contribution in [0.15, 0.2) is 23.1 Å². The normalized spacial score (nSPS) is 25.6. The van der Waals surface area contributed by atoms with Crippen LogP contribution in [0.2, 0.25) is 0 Å². The molecule has 4 nitrogen and oxygen atoms in total. The second-order valence-electron chi connectivity index (χ2n) is 6.79. The van der Waals surface area contributed by atoms with Crippen LogP contribution in [0.4, 0.5) is 4.39 Å². The third-order valence-electron chi connectivity index (χ3n) is 5.12. The van der Waals surface area contributed by atoms with Crippen molar-refractivity contribution >= 4 is 10.8 Å². The van der Waals surface area contributed by atoms with Gasteiger partial charge >= 0.3 is 0 Å². The molecule has 3 atom stereocenters. The van der Waals surface area contributed by atoms with Crippen molar-refractivity contribution in [3.05, 3.63) is 29.6 Å². The van der Waals surface area contributed by atoms with Gasteiger partial charge in [0.05, 0.1) is 36.4 Å². The number of halogens is 1. The van der Waals surface area contributed by atoms with Crippen LogP contribution in [-0.4, -0.2) is 41.4 Å². The highest BCUT2D eigenvalue weighted by atomic mass is 32.2. The van der Waals surface area contributed by atoms with Crippen molar-refractivity contribution in [2.75, 3.05) is 32.1 Å². The van der Waals surface area contributed by atoms with Crippen LogP contribution in [-0.2, 0) is 22.1 Å². The lowest BCUT2D eigenvalue weighted by Crippen LogP contribution is -2.29. The number of benzene rings is 1. The van der Waals surface area contributed by atoms with Crippen molar-refractivity contribution in [2.24, 2.45) is 17.8 Å². The van der Waals surface area contributed by atoms with Crippen molar-refractivity contribution in [2.45, 2.75) is 30.8 Å². The van der Waals surface area contributed by atoms with Crippen molar-refractivity contribution in [3.63, 3.8) is 0 Å². The molecule has 6 heteroatoms. The summed E-state index contributed by atoms with van der Waals surface area (Å²) in [5.41, 5.74) is 0.499. The molecule has 134 valence electrons. The van der Waals surface area contributed by atoms with Gasteiger partial charge in [-0.2, -0.15) is 0 Å². The maximum absolute atomic E-state index is 14.1. The van der Waals surface area contributed by atoms with Gasteiger partial charge in [0.15, 0.2) is 0 Å². The van der Waals surface area contributed by atoms with Crippen LogP contribution in [0.5, 0.6) is 0 Å². The minimum atomic E-state index is -1.35. The van der Waals surface area contributed by atoms with Crippen molar-refractivity contribution in [1.82, 2.24) is 5.32 Å². The molecule has 0 radical (unpaired) electrons. The summed E-state index contributed by atoms with van der Waals surface area (Å²) in [6.45, 7) is 3.05. The Morgan fingerprint density at radius 1 is 1.33 bits per heavy atom. The minimum Gasteiger partial charge on any atom is -0.395 e. The summed E-state index contributed by atoms with van der Waals surface area (Å²) >= 11 is 0. The Bertz CT molecular complexity index is 577. The summed E-state index contributed by atoms with van der Waals surface area (Å²) < 4.78 is 31.6. The molecule has 2 fully saturated rings. The van der Waals surface area contributed by atoms with Crippen LogP contribution in [0.25, 0.3) is 0 Å². The van der Waals surface area contributed by atoms with Crippen LogP contribution in [0.1, 0.15) is 24.8 Å². The third-order valence-corrected chi connectivity index (χ3v) is 6.45. The Labute approximate surface area is 145 Å². The SMILES string of the molecule is O=S(CCO)c1ccc(COCC2CC2C2CCNCC2)c(F)c1. The first-order valence-electron chi connectivity index (χ1n) is 8.75. The Hall–Kier alpha value is -0.820. The van der Waals surface area contributed by atoms with Gasteiger partial charge in [0.2, 0.25) is 0 Å². The quantitative estimate of drug-likeness (QED) is 0.750. The largest absolute Gasteiger partial charge is 0.395 e. The average Bonchev–Trinajstić information content (AvgIpc) is 3.37. The molecule has 3 unspecified atom stereocenters. The number of aliphatic hydroxyl groups excluding tert-OH is 1. The third kappa shape index (κ3) is 4.63. The van der Waals surface area contributed by atoms with E-state index in [4.69, 9.17) is 9.84 Å². The van der Waals surface area contributed by atoms with Gasteiger partial charge in [-0.25, -0.2) is 4.39 Å². The maximum atomic E-state index is 14.1. The van der Waals surface area contributed by atoms with Gasteiger partial charge in [-0.1, -0.05) is 6.07 Å². The smallest absolute Gasteiger partial charge is 0.129 e. The van der Waals surface area contributed by atoms with Gasteiger partial charge in [0.1, 0.15) is 5.82 Å². The molecule has 1 aromatic rings. The van der Waals surface area contributed by atoms with Gasteiger partial charge in [-0.3, -0.25) is 4.21 Å². The highest BCUT2D eigenvalue weighted by Gasteiger charge is 2.42. The van der Waals surface area contributed by atoms with E-state index in [1.165, 1.54) is 25.3 Å². The fourth-order valence-corrected chi connectivity index (χ4v) is 4.48. The van der Waals surface area contributed by atoms with E-state index in [0.717, 1.165) is 24.9 Å². The van der Waals surface area contributed by atoms with E-state index < -0.39 is 10.8 Å².